The molecule has 0 saturated heterocycles. The zero-order valence-corrected chi connectivity index (χ0v) is 36.3. The lowest BCUT2D eigenvalue weighted by molar-refractivity contribution is 0.0895. The fraction of sp³-hybridized carbons (Fsp3) is 0.404. The summed E-state index contributed by atoms with van der Waals surface area (Å²) in [6.07, 6.45) is 53.4. The van der Waals surface area contributed by atoms with Gasteiger partial charge in [-0.3, -0.25) is 0 Å². The Balaban J connectivity index is 0.848. The van der Waals surface area contributed by atoms with Crippen LogP contribution in [-0.4, -0.2) is 29.3 Å². The van der Waals surface area contributed by atoms with E-state index < -0.39 is 0 Å². The third-order valence-electron chi connectivity index (χ3n) is 16.6. The third kappa shape index (κ3) is 6.11. The third-order valence-corrected chi connectivity index (χ3v) is 18.0. The fourth-order valence-electron chi connectivity index (χ4n) is 13.7. The molecule has 2 aromatic rings. The maximum absolute atomic E-state index is 2.75. The molecule has 12 unspecified atom stereocenters. The number of anilines is 2. The monoisotopic (exact) mass is 804 g/mol. The fourth-order valence-corrected chi connectivity index (χ4v) is 15.2. The summed E-state index contributed by atoms with van der Waals surface area (Å²) in [7, 11) is 2.42. The highest BCUT2D eigenvalue weighted by Crippen LogP contribution is 2.59. The van der Waals surface area contributed by atoms with Gasteiger partial charge >= 0.3 is 0 Å². The standard InChI is InChI=1S/C57H60N2S/c1-36-43-28-25-39(40-26-29-52-49(32-40)45-20-11-13-23-51(45)59(52)42-27-30-56-50(35-42)46-21-12-14-24-55(46)60-56)31-48(43)44-19-9-10-22-47(44)57(36)54-34-41(37-15-5-3-6-16-37)33-53(58(54)2)38-17-7-4-8-18-38/h4-5,7-9,11-13,15-17,19-21,23,26-30,32-36,38-39,44,46-49,52-53,55,57H,3,6,10,14,18,22,24-25,31H2,1-2H3. The zero-order chi connectivity index (χ0) is 39.9. The van der Waals surface area contributed by atoms with Crippen LogP contribution in [0, 0.1) is 41.4 Å². The van der Waals surface area contributed by atoms with Crippen molar-refractivity contribution < 1.29 is 0 Å². The van der Waals surface area contributed by atoms with Crippen LogP contribution in [0.15, 0.2) is 179 Å². The van der Waals surface area contributed by atoms with Gasteiger partial charge in [0.15, 0.2) is 0 Å². The smallest absolute Gasteiger partial charge is 0.0629 e. The van der Waals surface area contributed by atoms with Gasteiger partial charge in [-0.15, -0.1) is 11.8 Å². The van der Waals surface area contributed by atoms with Crippen LogP contribution in [0.4, 0.5) is 11.4 Å². The van der Waals surface area contributed by atoms with E-state index in [1.54, 1.807) is 22.4 Å². The van der Waals surface area contributed by atoms with E-state index in [0.29, 0.717) is 70.6 Å². The van der Waals surface area contributed by atoms with Gasteiger partial charge in [0.2, 0.25) is 0 Å². The van der Waals surface area contributed by atoms with Gasteiger partial charge in [0.05, 0.1) is 12.1 Å². The largest absolute Gasteiger partial charge is 0.371 e. The molecule has 2 aromatic carbocycles. The first-order valence-electron chi connectivity index (χ1n) is 23.6. The van der Waals surface area contributed by atoms with Gasteiger partial charge < -0.3 is 9.80 Å². The molecule has 60 heavy (non-hydrogen) atoms. The molecule has 12 rings (SSSR count). The second-order valence-electron chi connectivity index (χ2n) is 19.6. The Morgan fingerprint density at radius 3 is 2.55 bits per heavy atom. The van der Waals surface area contributed by atoms with Crippen molar-refractivity contribution in [3.8, 4) is 0 Å². The molecule has 2 nitrogen and oxygen atoms in total. The number of thioether (sulfide) groups is 1. The van der Waals surface area contributed by atoms with Crippen LogP contribution < -0.4 is 4.90 Å². The SMILES string of the molecule is CC1C2=CCC(C3=CC4c5ccccc5N(c5ccc6c(c5)C5C=CCCC5S6)C4C=C3)CC2C2C=CCCC2C1C1=CC(C2=CCCC=C2)=CC(C2C=CC=CC2)N1C. The summed E-state index contributed by atoms with van der Waals surface area (Å²) in [5.41, 5.74) is 13.6. The molecule has 0 bridgehead atoms. The minimum absolute atomic E-state index is 0.315. The predicted octanol–water partition coefficient (Wildman–Crippen LogP) is 14.0. The van der Waals surface area contributed by atoms with Gasteiger partial charge in [-0.1, -0.05) is 128 Å². The Hall–Kier alpha value is -4.47. The van der Waals surface area contributed by atoms with Crippen molar-refractivity contribution >= 4 is 23.1 Å². The van der Waals surface area contributed by atoms with Crippen molar-refractivity contribution in [1.29, 1.82) is 0 Å². The molecule has 12 atom stereocenters. The van der Waals surface area contributed by atoms with E-state index >= 15 is 0 Å². The first-order valence-corrected chi connectivity index (χ1v) is 24.5. The molecule has 304 valence electrons. The highest BCUT2D eigenvalue weighted by Gasteiger charge is 2.50. The summed E-state index contributed by atoms with van der Waals surface area (Å²) in [4.78, 5) is 6.88. The number of hydrogen-bond acceptors (Lipinski definition) is 3. The van der Waals surface area contributed by atoms with Crippen molar-refractivity contribution in [3.63, 3.8) is 0 Å². The first kappa shape index (κ1) is 37.3. The Labute approximate surface area is 363 Å². The number of para-hydroxylation sites is 1. The van der Waals surface area contributed by atoms with E-state index in [-0.39, 0.29) is 0 Å². The van der Waals surface area contributed by atoms with E-state index in [9.17, 15) is 0 Å². The molecule has 7 aliphatic carbocycles. The Morgan fingerprint density at radius 2 is 1.65 bits per heavy atom. The number of allylic oxidation sites excluding steroid dienone is 18. The summed E-state index contributed by atoms with van der Waals surface area (Å²) in [6.45, 7) is 2.61. The number of fused-ring (bicyclic) bond motifs is 9. The molecular formula is C57H60N2S. The van der Waals surface area contributed by atoms with Gasteiger partial charge in [0.1, 0.15) is 0 Å². The molecular weight excluding hydrogens is 745 g/mol. The van der Waals surface area contributed by atoms with Crippen LogP contribution in [0.25, 0.3) is 0 Å². The van der Waals surface area contributed by atoms with Crippen LogP contribution in [0.2, 0.25) is 0 Å². The Morgan fingerprint density at radius 1 is 0.733 bits per heavy atom. The molecule has 1 fully saturated rings. The average molecular weight is 805 g/mol. The summed E-state index contributed by atoms with van der Waals surface area (Å²) in [6, 6.07) is 17.4. The normalized spacial score (nSPS) is 36.9. The Kier molecular flexibility index (Phi) is 9.42. The predicted molar refractivity (Wildman–Crippen MR) is 252 cm³/mol. The van der Waals surface area contributed by atoms with Gasteiger partial charge in [-0.25, -0.2) is 0 Å². The number of benzene rings is 2. The molecule has 0 radical (unpaired) electrons. The summed E-state index contributed by atoms with van der Waals surface area (Å²) in [5, 5.41) is 0.702. The number of likely N-dealkylation sites (N-methyl/N-ethyl adjacent to an activating group) is 1. The van der Waals surface area contributed by atoms with E-state index in [1.807, 2.05) is 0 Å². The van der Waals surface area contributed by atoms with Gasteiger partial charge in [-0.05, 0) is 146 Å². The molecule has 1 saturated carbocycles. The van der Waals surface area contributed by atoms with E-state index in [1.165, 1.54) is 65.1 Å². The molecule has 3 heterocycles. The summed E-state index contributed by atoms with van der Waals surface area (Å²) in [5.74, 6) is 4.95. The van der Waals surface area contributed by atoms with Crippen LogP contribution in [-0.2, 0) is 0 Å². The minimum atomic E-state index is 0.315. The van der Waals surface area contributed by atoms with Crippen LogP contribution >= 0.6 is 11.8 Å². The van der Waals surface area contributed by atoms with Crippen LogP contribution in [0.1, 0.15) is 87.7 Å². The molecule has 0 spiro atoms. The van der Waals surface area contributed by atoms with E-state index in [2.05, 4.69) is 181 Å². The maximum Gasteiger partial charge on any atom is 0.0629 e. The molecule has 10 aliphatic rings. The van der Waals surface area contributed by atoms with Gasteiger partial charge in [0, 0.05) is 57.9 Å². The number of rotatable bonds is 5. The van der Waals surface area contributed by atoms with Crippen LogP contribution in [0.3, 0.4) is 0 Å². The minimum Gasteiger partial charge on any atom is -0.371 e. The van der Waals surface area contributed by atoms with Gasteiger partial charge in [0.25, 0.3) is 0 Å². The highest BCUT2D eigenvalue weighted by molar-refractivity contribution is 8.00. The lowest BCUT2D eigenvalue weighted by atomic mass is 9.53. The second-order valence-corrected chi connectivity index (χ2v) is 20.8. The maximum atomic E-state index is 2.75. The molecule has 0 N–H and O–H groups in total. The van der Waals surface area contributed by atoms with Crippen molar-refractivity contribution in [1.82, 2.24) is 4.90 Å². The quantitative estimate of drug-likeness (QED) is 0.278. The molecule has 3 aliphatic heterocycles. The topological polar surface area (TPSA) is 6.48 Å². The van der Waals surface area contributed by atoms with Crippen molar-refractivity contribution in [2.24, 2.45) is 41.4 Å². The van der Waals surface area contributed by atoms with E-state index in [0.717, 1.165) is 25.7 Å². The molecule has 3 heteroatoms. The second kappa shape index (κ2) is 15.2. The van der Waals surface area contributed by atoms with Crippen molar-refractivity contribution in [3.05, 3.63) is 185 Å². The Bertz CT molecular complexity index is 2420. The lowest BCUT2D eigenvalue weighted by Crippen LogP contribution is -2.49. The van der Waals surface area contributed by atoms with Crippen molar-refractivity contribution in [2.75, 3.05) is 11.9 Å². The molecule has 0 aromatic heterocycles. The van der Waals surface area contributed by atoms with E-state index in [4.69, 9.17) is 0 Å². The summed E-state index contributed by atoms with van der Waals surface area (Å²) >= 11 is 2.11. The number of nitrogens with zero attached hydrogens (tertiary/aromatic N) is 2. The molecule has 0 amide bonds. The van der Waals surface area contributed by atoms with Gasteiger partial charge in [-0.2, -0.15) is 0 Å². The highest BCUT2D eigenvalue weighted by atomic mass is 32.2. The van der Waals surface area contributed by atoms with Crippen LogP contribution in [0.5, 0.6) is 0 Å². The average Bonchev–Trinajstić information content (AvgIpc) is 3.85. The zero-order valence-electron chi connectivity index (χ0n) is 35.5. The summed E-state index contributed by atoms with van der Waals surface area (Å²) < 4.78 is 0. The lowest BCUT2D eigenvalue weighted by Gasteiger charge is -2.54. The van der Waals surface area contributed by atoms with Crippen molar-refractivity contribution in [2.45, 2.75) is 98.8 Å². The number of hydrogen-bond donors (Lipinski definition) is 0. The first-order chi connectivity index (χ1) is 29.6.